The topological polar surface area (TPSA) is 119 Å². The maximum Gasteiger partial charge on any atom is 1.00 e. The van der Waals surface area contributed by atoms with Crippen molar-refractivity contribution in [1.29, 1.82) is 0 Å². The van der Waals surface area contributed by atoms with E-state index in [1.165, 1.54) is 36.4 Å². The number of nitrogens with two attached hydrogens (primary N) is 1. The van der Waals surface area contributed by atoms with Crippen LogP contribution in [0.2, 0.25) is 0 Å². The third-order valence-electron chi connectivity index (χ3n) is 4.18. The van der Waals surface area contributed by atoms with E-state index < -0.39 is 19.5 Å². The van der Waals surface area contributed by atoms with Crippen molar-refractivity contribution in [3.8, 4) is 11.5 Å². The van der Waals surface area contributed by atoms with Gasteiger partial charge in [0.2, 0.25) is 5.91 Å². The molecule has 0 aliphatic rings. The third-order valence-corrected chi connectivity index (χ3v) is 5.05. The summed E-state index contributed by atoms with van der Waals surface area (Å²) in [5.41, 5.74) is 7.52. The number of ketones is 1. The Morgan fingerprint density at radius 3 is 1.90 bits per heavy atom. The summed E-state index contributed by atoms with van der Waals surface area (Å²) >= 11 is 0. The summed E-state index contributed by atoms with van der Waals surface area (Å²) in [5, 5.41) is 0. The van der Waals surface area contributed by atoms with Gasteiger partial charge in [-0.15, -0.1) is 0 Å². The van der Waals surface area contributed by atoms with E-state index in [4.69, 9.17) is 14.8 Å². The van der Waals surface area contributed by atoms with E-state index in [9.17, 15) is 19.0 Å². The Kier molecular flexibility index (Phi) is 8.23. The second-order valence-electron chi connectivity index (χ2n) is 6.72. The van der Waals surface area contributed by atoms with Gasteiger partial charge >= 0.3 is 37.4 Å². The molecule has 1 unspecified atom stereocenters. The van der Waals surface area contributed by atoms with Crippen LogP contribution in [0.15, 0.2) is 66.7 Å². The monoisotopic (exact) mass is 447 g/mol. The van der Waals surface area contributed by atoms with E-state index >= 15 is 0 Å². The average molecular weight is 447 g/mol. The van der Waals surface area contributed by atoms with Crippen molar-refractivity contribution >= 4 is 19.5 Å². The first-order valence-electron chi connectivity index (χ1n) is 8.97. The van der Waals surface area contributed by atoms with Crippen molar-refractivity contribution in [3.63, 3.8) is 0 Å². The van der Waals surface area contributed by atoms with Gasteiger partial charge < -0.3 is 19.7 Å². The predicted octanol–water partition coefficient (Wildman–Crippen LogP) is 0.564. The molecule has 0 bridgehead atoms. The van der Waals surface area contributed by atoms with Crippen LogP contribution >= 0.6 is 7.82 Å². The number of phosphoric acid groups is 1. The van der Waals surface area contributed by atoms with Crippen molar-refractivity contribution in [2.45, 2.75) is 13.8 Å². The Bertz CT molecular complexity index is 1140. The Hall–Kier alpha value is -2.41. The zero-order valence-corrected chi connectivity index (χ0v) is 20.2. The number of phosphoric ester groups is 1. The minimum absolute atomic E-state index is 0. The van der Waals surface area contributed by atoms with E-state index in [2.05, 4.69) is 0 Å². The number of amides is 1. The summed E-state index contributed by atoms with van der Waals surface area (Å²) in [5.74, 6) is -0.999. The molecule has 3 aromatic carbocycles. The first-order chi connectivity index (χ1) is 14.1. The summed E-state index contributed by atoms with van der Waals surface area (Å²) in [7, 11) is -4.69. The van der Waals surface area contributed by atoms with Gasteiger partial charge in [0.1, 0.15) is 11.5 Å². The van der Waals surface area contributed by atoms with Crippen molar-refractivity contribution in [2.75, 3.05) is 0 Å². The second-order valence-corrected chi connectivity index (χ2v) is 7.98. The van der Waals surface area contributed by atoms with E-state index in [-0.39, 0.29) is 57.7 Å². The van der Waals surface area contributed by atoms with Crippen LogP contribution < -0.4 is 49.2 Å². The molecule has 0 saturated heterocycles. The molecule has 2 N–H and O–H groups in total. The fourth-order valence-corrected chi connectivity index (χ4v) is 3.76. The number of hydrogen-bond donors (Lipinski definition) is 1. The summed E-state index contributed by atoms with van der Waals surface area (Å²) in [6, 6.07) is 16.7. The van der Waals surface area contributed by atoms with Gasteiger partial charge in [-0.25, -0.2) is 4.57 Å². The molecule has 0 spiro atoms. The van der Waals surface area contributed by atoms with Crippen molar-refractivity contribution in [3.05, 3.63) is 94.5 Å². The molecular weight excluding hydrogens is 428 g/mol. The van der Waals surface area contributed by atoms with Gasteiger partial charge in [-0.2, -0.15) is 0 Å². The number of carbonyl (C=O) groups is 2. The molecule has 0 radical (unpaired) electrons. The first kappa shape index (κ1) is 24.9. The molecule has 0 aliphatic carbocycles. The molecule has 0 aliphatic heterocycles. The van der Waals surface area contributed by atoms with Crippen LogP contribution in [-0.2, 0) is 4.57 Å². The van der Waals surface area contributed by atoms with Crippen LogP contribution in [0.3, 0.4) is 0 Å². The largest absolute Gasteiger partial charge is 1.00 e. The Balaban J connectivity index is 0.00000341. The first-order valence-corrected chi connectivity index (χ1v) is 10.4. The van der Waals surface area contributed by atoms with Gasteiger partial charge in [0, 0.05) is 11.1 Å². The van der Waals surface area contributed by atoms with Crippen LogP contribution in [0, 0.1) is 13.8 Å². The van der Waals surface area contributed by atoms with E-state index in [1.54, 1.807) is 24.3 Å². The molecule has 9 heteroatoms. The van der Waals surface area contributed by atoms with Gasteiger partial charge in [0.25, 0.3) is 0 Å². The number of carbonyl (C=O) groups excluding carboxylic acids is 2. The summed E-state index contributed by atoms with van der Waals surface area (Å²) in [6.45, 7) is 3.64. The van der Waals surface area contributed by atoms with Crippen LogP contribution in [0.1, 0.15) is 37.4 Å². The molecule has 0 saturated carbocycles. The molecule has 31 heavy (non-hydrogen) atoms. The van der Waals surface area contributed by atoms with Crippen LogP contribution in [0.4, 0.5) is 0 Å². The normalized spacial score (nSPS) is 12.2. The maximum atomic E-state index is 12.7. The molecular formula is C22H19NNaO6P. The van der Waals surface area contributed by atoms with Gasteiger partial charge in [-0.05, 0) is 67.4 Å². The summed E-state index contributed by atoms with van der Waals surface area (Å²) < 4.78 is 22.2. The third kappa shape index (κ3) is 6.53. The van der Waals surface area contributed by atoms with Crippen LogP contribution in [0.5, 0.6) is 11.5 Å². The van der Waals surface area contributed by atoms with Crippen molar-refractivity contribution in [2.24, 2.45) is 5.73 Å². The van der Waals surface area contributed by atoms with Crippen LogP contribution in [-0.4, -0.2) is 11.7 Å². The SMILES string of the molecule is Cc1cc(C)cc(OP(=O)([O-])Oc2ccc(C(=O)c3ccccc3C(N)=O)cc2)c1.[Na+]. The second kappa shape index (κ2) is 10.3. The van der Waals surface area contributed by atoms with E-state index in [0.29, 0.717) is 0 Å². The minimum Gasteiger partial charge on any atom is -0.736 e. The zero-order chi connectivity index (χ0) is 21.9. The molecule has 3 aromatic rings. The Morgan fingerprint density at radius 1 is 0.839 bits per heavy atom. The summed E-state index contributed by atoms with van der Waals surface area (Å²) in [4.78, 5) is 36.4. The molecule has 7 nitrogen and oxygen atoms in total. The fraction of sp³-hybridized carbons (Fsp3) is 0.0909. The summed E-state index contributed by atoms with van der Waals surface area (Å²) in [6.07, 6.45) is 0. The van der Waals surface area contributed by atoms with Crippen molar-refractivity contribution < 1.29 is 57.7 Å². The van der Waals surface area contributed by atoms with Gasteiger partial charge in [0.15, 0.2) is 5.78 Å². The van der Waals surface area contributed by atoms with E-state index in [1.807, 2.05) is 19.9 Å². The van der Waals surface area contributed by atoms with Gasteiger partial charge in [-0.3, -0.25) is 9.59 Å². The molecule has 3 rings (SSSR count). The maximum absolute atomic E-state index is 12.7. The predicted molar refractivity (Wildman–Crippen MR) is 110 cm³/mol. The Labute approximate surface area is 202 Å². The molecule has 154 valence electrons. The molecule has 0 aromatic heterocycles. The zero-order valence-electron chi connectivity index (χ0n) is 17.3. The minimum atomic E-state index is -4.69. The number of rotatable bonds is 7. The number of benzene rings is 3. The number of hydrogen-bond acceptors (Lipinski definition) is 6. The van der Waals surface area contributed by atoms with Crippen molar-refractivity contribution in [1.82, 2.24) is 0 Å². The van der Waals surface area contributed by atoms with Crippen LogP contribution in [0.25, 0.3) is 0 Å². The molecule has 0 fully saturated rings. The smallest absolute Gasteiger partial charge is 0.736 e. The number of primary amides is 1. The molecule has 1 amide bonds. The van der Waals surface area contributed by atoms with Gasteiger partial charge in [-0.1, -0.05) is 24.3 Å². The number of aryl methyl sites for hydroxylation is 2. The van der Waals surface area contributed by atoms with E-state index in [0.717, 1.165) is 11.1 Å². The molecule has 0 heterocycles. The molecule has 1 atom stereocenters. The van der Waals surface area contributed by atoms with Gasteiger partial charge in [0.05, 0.1) is 5.56 Å². The quantitative estimate of drug-likeness (QED) is 0.321. The fourth-order valence-electron chi connectivity index (χ4n) is 2.98. The Morgan fingerprint density at radius 2 is 1.35 bits per heavy atom. The average Bonchev–Trinajstić information content (AvgIpc) is 2.66. The standard InChI is InChI=1S/C22H20NO6P.Na/c1-14-11-15(2)13-18(12-14)29-30(26,27)28-17-9-7-16(8-10-17)21(24)19-5-3-4-6-20(19)22(23)25;/h3-13H,1-2H3,(H2,23,25)(H,26,27);/q;+1/p-1.